The van der Waals surface area contributed by atoms with E-state index in [4.69, 9.17) is 9.47 Å². The van der Waals surface area contributed by atoms with Gasteiger partial charge in [-0.2, -0.15) is 0 Å². The van der Waals surface area contributed by atoms with Crippen LogP contribution >= 0.6 is 0 Å². The third kappa shape index (κ3) is 5.58. The Labute approximate surface area is 154 Å². The third-order valence-electron chi connectivity index (χ3n) is 4.47. The van der Waals surface area contributed by atoms with E-state index in [2.05, 4.69) is 0 Å². The van der Waals surface area contributed by atoms with Gasteiger partial charge in [-0.05, 0) is 24.5 Å². The molecule has 1 N–H and O–H groups in total. The molecule has 3 rings (SSSR count). The molecule has 1 unspecified atom stereocenters. The average molecular weight is 355 g/mol. The number of carbonyl (C=O) groups excluding carboxylic acids is 1. The molecule has 1 aliphatic heterocycles. The van der Waals surface area contributed by atoms with E-state index in [1.54, 1.807) is 12.1 Å². The lowest BCUT2D eigenvalue weighted by Crippen LogP contribution is -2.36. The molecular formula is C21H25NO4. The summed E-state index contributed by atoms with van der Waals surface area (Å²) >= 11 is 0. The molecule has 0 radical (unpaired) electrons. The van der Waals surface area contributed by atoms with Gasteiger partial charge in [-0.15, -0.1) is 0 Å². The highest BCUT2D eigenvalue weighted by molar-refractivity contribution is 5.71. The summed E-state index contributed by atoms with van der Waals surface area (Å²) in [5.74, 6) is -0.0373. The highest BCUT2D eigenvalue weighted by atomic mass is 16.5. The van der Waals surface area contributed by atoms with Gasteiger partial charge < -0.3 is 14.6 Å². The van der Waals surface area contributed by atoms with Crippen molar-refractivity contribution >= 4 is 5.97 Å². The lowest BCUT2D eigenvalue weighted by molar-refractivity contribution is -0.146. The Hall–Kier alpha value is -2.37. The average Bonchev–Trinajstić information content (AvgIpc) is 3.16. The van der Waals surface area contributed by atoms with Crippen LogP contribution < -0.4 is 0 Å². The van der Waals surface area contributed by atoms with Gasteiger partial charge in [-0.25, -0.2) is 0 Å². The Bertz CT molecular complexity index is 698. The number of ether oxygens (including phenoxy) is 2. The predicted octanol–water partition coefficient (Wildman–Crippen LogP) is 3.12. The van der Waals surface area contributed by atoms with E-state index < -0.39 is 0 Å². The van der Waals surface area contributed by atoms with Crippen molar-refractivity contribution in [2.24, 2.45) is 0 Å². The molecule has 0 spiro atoms. The van der Waals surface area contributed by atoms with Crippen molar-refractivity contribution in [3.05, 3.63) is 65.7 Å². The Balaban J connectivity index is 1.58. The predicted molar refractivity (Wildman–Crippen MR) is 98.6 cm³/mol. The highest BCUT2D eigenvalue weighted by Crippen LogP contribution is 2.20. The van der Waals surface area contributed by atoms with Gasteiger partial charge in [0.25, 0.3) is 0 Å². The highest BCUT2D eigenvalue weighted by Gasteiger charge is 2.22. The number of nitrogens with zero attached hydrogens (tertiary/aromatic N) is 1. The van der Waals surface area contributed by atoms with Gasteiger partial charge in [0.05, 0.1) is 12.6 Å². The largest absolute Gasteiger partial charge is 0.508 e. The van der Waals surface area contributed by atoms with Gasteiger partial charge in [-0.3, -0.25) is 9.69 Å². The number of rotatable bonds is 8. The molecule has 1 heterocycles. The van der Waals surface area contributed by atoms with Crippen LogP contribution in [0.3, 0.4) is 0 Å². The minimum atomic E-state index is -0.276. The molecule has 1 fully saturated rings. The van der Waals surface area contributed by atoms with Crippen LogP contribution in [-0.2, 0) is 27.4 Å². The van der Waals surface area contributed by atoms with E-state index in [0.717, 1.165) is 30.6 Å². The Morgan fingerprint density at radius 3 is 2.65 bits per heavy atom. The fourth-order valence-corrected chi connectivity index (χ4v) is 3.11. The molecule has 0 amide bonds. The Morgan fingerprint density at radius 2 is 1.92 bits per heavy atom. The van der Waals surface area contributed by atoms with Crippen molar-refractivity contribution in [2.45, 2.75) is 32.1 Å². The fourth-order valence-electron chi connectivity index (χ4n) is 3.11. The number of para-hydroxylation sites is 1. The molecule has 0 aromatic heterocycles. The maximum atomic E-state index is 12.3. The number of aromatic hydroxyl groups is 1. The summed E-state index contributed by atoms with van der Waals surface area (Å²) in [4.78, 5) is 14.3. The second kappa shape index (κ2) is 9.36. The minimum absolute atomic E-state index is 0.128. The topological polar surface area (TPSA) is 59.0 Å². The lowest BCUT2D eigenvalue weighted by Gasteiger charge is -2.24. The molecule has 2 aromatic rings. The summed E-state index contributed by atoms with van der Waals surface area (Å²) in [6.45, 7) is 2.33. The first-order chi connectivity index (χ1) is 12.7. The van der Waals surface area contributed by atoms with E-state index in [1.165, 1.54) is 0 Å². The number of phenolic OH excluding ortho intramolecular Hbond substituents is 1. The Kier molecular flexibility index (Phi) is 6.63. The van der Waals surface area contributed by atoms with Crippen molar-refractivity contribution in [1.82, 2.24) is 4.90 Å². The molecule has 1 atom stereocenters. The number of esters is 1. The molecule has 0 aliphatic carbocycles. The minimum Gasteiger partial charge on any atom is -0.508 e. The summed E-state index contributed by atoms with van der Waals surface area (Å²) in [5, 5.41) is 10.0. The Morgan fingerprint density at radius 1 is 1.15 bits per heavy atom. The van der Waals surface area contributed by atoms with Crippen molar-refractivity contribution in [2.75, 3.05) is 19.7 Å². The summed E-state index contributed by atoms with van der Waals surface area (Å²) in [6, 6.07) is 16.8. The molecule has 0 saturated carbocycles. The second-order valence-electron chi connectivity index (χ2n) is 6.58. The summed E-state index contributed by atoms with van der Waals surface area (Å²) in [5.41, 5.74) is 1.76. The fraction of sp³-hybridized carbons (Fsp3) is 0.381. The van der Waals surface area contributed by atoms with Crippen LogP contribution in [0.1, 0.15) is 24.0 Å². The second-order valence-corrected chi connectivity index (χ2v) is 6.58. The van der Waals surface area contributed by atoms with Crippen molar-refractivity contribution < 1.29 is 19.4 Å². The lowest BCUT2D eigenvalue weighted by atomic mass is 10.1. The van der Waals surface area contributed by atoms with E-state index in [9.17, 15) is 9.90 Å². The SMILES string of the molecule is O=C(CN(Cc1ccccc1O)CC1CCCO1)OCc1ccccc1. The molecule has 26 heavy (non-hydrogen) atoms. The maximum absolute atomic E-state index is 12.3. The van der Waals surface area contributed by atoms with E-state index in [-0.39, 0.29) is 31.0 Å². The molecule has 1 saturated heterocycles. The number of phenols is 1. The van der Waals surface area contributed by atoms with Crippen LogP contribution in [0.25, 0.3) is 0 Å². The van der Waals surface area contributed by atoms with Gasteiger partial charge in [-0.1, -0.05) is 48.5 Å². The van der Waals surface area contributed by atoms with Gasteiger partial charge in [0.1, 0.15) is 12.4 Å². The third-order valence-corrected chi connectivity index (χ3v) is 4.47. The van der Waals surface area contributed by atoms with Gasteiger partial charge in [0.2, 0.25) is 0 Å². The zero-order chi connectivity index (χ0) is 18.2. The molecule has 1 aliphatic rings. The van der Waals surface area contributed by atoms with Gasteiger partial charge in [0.15, 0.2) is 0 Å². The molecule has 0 bridgehead atoms. The van der Waals surface area contributed by atoms with E-state index in [0.29, 0.717) is 13.1 Å². The van der Waals surface area contributed by atoms with Crippen molar-refractivity contribution in [1.29, 1.82) is 0 Å². The van der Waals surface area contributed by atoms with Crippen LogP contribution in [0.4, 0.5) is 0 Å². The van der Waals surface area contributed by atoms with Crippen molar-refractivity contribution in [3.63, 3.8) is 0 Å². The summed E-state index contributed by atoms with van der Waals surface area (Å²) in [7, 11) is 0. The number of carbonyl (C=O) groups is 1. The molecule has 5 heteroatoms. The monoisotopic (exact) mass is 355 g/mol. The first kappa shape index (κ1) is 18.4. The van der Waals surface area contributed by atoms with Crippen LogP contribution in [-0.4, -0.2) is 41.8 Å². The molecule has 2 aromatic carbocycles. The van der Waals surface area contributed by atoms with Gasteiger partial charge in [0, 0.05) is 25.3 Å². The van der Waals surface area contributed by atoms with Crippen LogP contribution in [0.15, 0.2) is 54.6 Å². The summed E-state index contributed by atoms with van der Waals surface area (Å²) in [6.07, 6.45) is 2.17. The van der Waals surface area contributed by atoms with E-state index >= 15 is 0 Å². The first-order valence-electron chi connectivity index (χ1n) is 9.01. The zero-order valence-corrected chi connectivity index (χ0v) is 14.8. The molecule has 5 nitrogen and oxygen atoms in total. The number of benzene rings is 2. The molecule has 138 valence electrons. The standard InChI is InChI=1S/C21H25NO4/c23-20-11-5-4-9-18(20)13-22(14-19-10-6-12-25-19)15-21(24)26-16-17-7-2-1-3-8-17/h1-5,7-9,11,19,23H,6,10,12-16H2. The van der Waals surface area contributed by atoms with Crippen LogP contribution in [0.5, 0.6) is 5.75 Å². The van der Waals surface area contributed by atoms with Crippen LogP contribution in [0, 0.1) is 0 Å². The zero-order valence-electron chi connectivity index (χ0n) is 14.8. The first-order valence-corrected chi connectivity index (χ1v) is 9.01. The number of hydrogen-bond acceptors (Lipinski definition) is 5. The van der Waals surface area contributed by atoms with Gasteiger partial charge >= 0.3 is 5.97 Å². The number of hydrogen-bond donors (Lipinski definition) is 1. The normalized spacial score (nSPS) is 16.7. The smallest absolute Gasteiger partial charge is 0.320 e. The molecular weight excluding hydrogens is 330 g/mol. The van der Waals surface area contributed by atoms with Crippen molar-refractivity contribution in [3.8, 4) is 5.75 Å². The summed E-state index contributed by atoms with van der Waals surface area (Å²) < 4.78 is 11.1. The van der Waals surface area contributed by atoms with Crippen LogP contribution in [0.2, 0.25) is 0 Å². The quantitative estimate of drug-likeness (QED) is 0.737. The van der Waals surface area contributed by atoms with E-state index in [1.807, 2.05) is 47.4 Å². The maximum Gasteiger partial charge on any atom is 0.320 e.